The largest absolute Gasteiger partial charge is 0.444 e. The van der Waals surface area contributed by atoms with E-state index in [-0.39, 0.29) is 12.1 Å². The first-order valence-electron chi connectivity index (χ1n) is 8.50. The SMILES string of the molecule is CC(C)(C)OC(=O)N1CCCC1CNC1CSCCC1(C)C. The summed E-state index contributed by atoms with van der Waals surface area (Å²) in [6.07, 6.45) is 3.26. The Morgan fingerprint density at radius 1 is 1.41 bits per heavy atom. The highest BCUT2D eigenvalue weighted by Crippen LogP contribution is 2.34. The van der Waals surface area contributed by atoms with Gasteiger partial charge in [0, 0.05) is 30.9 Å². The smallest absolute Gasteiger partial charge is 0.410 e. The van der Waals surface area contributed by atoms with Crippen LogP contribution in [0, 0.1) is 5.41 Å². The van der Waals surface area contributed by atoms with Gasteiger partial charge in [0.05, 0.1) is 0 Å². The Balaban J connectivity index is 1.87. The Hall–Kier alpha value is -0.420. The maximum Gasteiger partial charge on any atom is 0.410 e. The molecule has 2 saturated heterocycles. The van der Waals surface area contributed by atoms with Crippen molar-refractivity contribution in [2.75, 3.05) is 24.6 Å². The van der Waals surface area contributed by atoms with Crippen LogP contribution >= 0.6 is 11.8 Å². The monoisotopic (exact) mass is 328 g/mol. The van der Waals surface area contributed by atoms with Gasteiger partial charge < -0.3 is 15.0 Å². The molecule has 2 unspecified atom stereocenters. The van der Waals surface area contributed by atoms with Gasteiger partial charge in [0.25, 0.3) is 0 Å². The predicted molar refractivity (Wildman–Crippen MR) is 93.5 cm³/mol. The molecule has 2 fully saturated rings. The van der Waals surface area contributed by atoms with Crippen LogP contribution in [0.2, 0.25) is 0 Å². The molecule has 0 bridgehead atoms. The summed E-state index contributed by atoms with van der Waals surface area (Å²) >= 11 is 2.04. The maximum absolute atomic E-state index is 12.3. The minimum absolute atomic E-state index is 0.158. The molecule has 0 aromatic carbocycles. The summed E-state index contributed by atoms with van der Waals surface area (Å²) in [4.78, 5) is 14.2. The van der Waals surface area contributed by atoms with Gasteiger partial charge in [-0.25, -0.2) is 4.79 Å². The molecule has 2 aliphatic rings. The third kappa shape index (κ3) is 4.79. The van der Waals surface area contributed by atoms with Crippen molar-refractivity contribution in [1.29, 1.82) is 0 Å². The summed E-state index contributed by atoms with van der Waals surface area (Å²) < 4.78 is 5.54. The quantitative estimate of drug-likeness (QED) is 0.861. The van der Waals surface area contributed by atoms with E-state index in [1.54, 1.807) is 0 Å². The van der Waals surface area contributed by atoms with Gasteiger partial charge in [0.15, 0.2) is 0 Å². The zero-order valence-electron chi connectivity index (χ0n) is 14.8. The molecule has 1 amide bonds. The van der Waals surface area contributed by atoms with Crippen molar-refractivity contribution in [1.82, 2.24) is 10.2 Å². The second-order valence-corrected chi connectivity index (χ2v) is 9.39. The van der Waals surface area contributed by atoms with E-state index in [1.807, 2.05) is 37.4 Å². The highest BCUT2D eigenvalue weighted by molar-refractivity contribution is 7.99. The normalized spacial score (nSPS) is 28.7. The minimum atomic E-state index is -0.417. The highest BCUT2D eigenvalue weighted by atomic mass is 32.2. The fourth-order valence-corrected chi connectivity index (χ4v) is 4.80. The van der Waals surface area contributed by atoms with Gasteiger partial charge in [0.2, 0.25) is 0 Å². The molecule has 0 aromatic heterocycles. The topological polar surface area (TPSA) is 41.6 Å². The number of nitrogens with zero attached hydrogens (tertiary/aromatic N) is 1. The zero-order valence-corrected chi connectivity index (χ0v) is 15.6. The fourth-order valence-electron chi connectivity index (χ4n) is 3.16. The standard InChI is InChI=1S/C17H32N2O2S/c1-16(2,3)21-15(20)19-9-6-7-13(19)11-18-14-12-22-10-8-17(14,4)5/h13-14,18H,6-12H2,1-5H3. The van der Waals surface area contributed by atoms with Crippen LogP contribution in [0.25, 0.3) is 0 Å². The van der Waals surface area contributed by atoms with Gasteiger partial charge in [-0.2, -0.15) is 11.8 Å². The number of hydrogen-bond donors (Lipinski definition) is 1. The average Bonchev–Trinajstić information content (AvgIpc) is 2.83. The number of ether oxygens (including phenoxy) is 1. The van der Waals surface area contributed by atoms with Crippen LogP contribution in [0.4, 0.5) is 4.79 Å². The van der Waals surface area contributed by atoms with Crippen LogP contribution < -0.4 is 5.32 Å². The van der Waals surface area contributed by atoms with E-state index in [0.29, 0.717) is 11.5 Å². The molecule has 0 saturated carbocycles. The fraction of sp³-hybridized carbons (Fsp3) is 0.941. The van der Waals surface area contributed by atoms with Crippen molar-refractivity contribution >= 4 is 17.9 Å². The van der Waals surface area contributed by atoms with Crippen molar-refractivity contribution < 1.29 is 9.53 Å². The summed E-state index contributed by atoms with van der Waals surface area (Å²) in [5.41, 5.74) is -0.0692. The van der Waals surface area contributed by atoms with Crippen molar-refractivity contribution in [3.63, 3.8) is 0 Å². The third-order valence-corrected chi connectivity index (χ3v) is 5.79. The lowest BCUT2D eigenvalue weighted by atomic mass is 9.82. The highest BCUT2D eigenvalue weighted by Gasteiger charge is 2.35. The van der Waals surface area contributed by atoms with E-state index in [2.05, 4.69) is 19.2 Å². The second kappa shape index (κ2) is 7.00. The molecule has 2 aliphatic heterocycles. The molecule has 1 N–H and O–H groups in total. The third-order valence-electron chi connectivity index (χ3n) is 4.72. The Kier molecular flexibility index (Phi) is 5.70. The van der Waals surface area contributed by atoms with E-state index in [1.165, 1.54) is 17.9 Å². The number of rotatable bonds is 3. The summed E-state index contributed by atoms with van der Waals surface area (Å²) in [5.74, 6) is 2.44. The lowest BCUT2D eigenvalue weighted by Gasteiger charge is -2.40. The van der Waals surface area contributed by atoms with Crippen molar-refractivity contribution in [2.24, 2.45) is 5.41 Å². The number of likely N-dealkylation sites (tertiary alicyclic amines) is 1. The Bertz CT molecular complexity index is 393. The van der Waals surface area contributed by atoms with Gasteiger partial charge in [-0.15, -0.1) is 0 Å². The summed E-state index contributed by atoms with van der Waals surface area (Å²) in [5, 5.41) is 3.73. The molecule has 2 rings (SSSR count). The first kappa shape index (κ1) is 17.9. The van der Waals surface area contributed by atoms with E-state index < -0.39 is 5.60 Å². The van der Waals surface area contributed by atoms with E-state index in [0.717, 1.165) is 25.9 Å². The van der Waals surface area contributed by atoms with Crippen molar-refractivity contribution in [3.05, 3.63) is 0 Å². The number of nitrogens with one attached hydrogen (secondary N) is 1. The lowest BCUT2D eigenvalue weighted by molar-refractivity contribution is 0.0222. The van der Waals surface area contributed by atoms with Crippen LogP contribution in [0.5, 0.6) is 0 Å². The van der Waals surface area contributed by atoms with Crippen molar-refractivity contribution in [2.45, 2.75) is 71.6 Å². The summed E-state index contributed by atoms with van der Waals surface area (Å²) in [6.45, 7) is 12.2. The Morgan fingerprint density at radius 3 is 2.77 bits per heavy atom. The van der Waals surface area contributed by atoms with Crippen LogP contribution in [-0.4, -0.2) is 53.3 Å². The molecule has 2 atom stereocenters. The van der Waals surface area contributed by atoms with E-state index in [9.17, 15) is 4.79 Å². The summed E-state index contributed by atoms with van der Waals surface area (Å²) in [7, 11) is 0. The molecule has 4 nitrogen and oxygen atoms in total. The molecule has 22 heavy (non-hydrogen) atoms. The van der Waals surface area contributed by atoms with Gasteiger partial charge in [-0.3, -0.25) is 0 Å². The molecule has 5 heteroatoms. The van der Waals surface area contributed by atoms with Crippen LogP contribution in [0.1, 0.15) is 53.9 Å². The molecular weight excluding hydrogens is 296 g/mol. The molecule has 2 heterocycles. The first-order chi connectivity index (χ1) is 10.2. The number of carbonyl (C=O) groups is 1. The average molecular weight is 329 g/mol. The minimum Gasteiger partial charge on any atom is -0.444 e. The van der Waals surface area contributed by atoms with Crippen molar-refractivity contribution in [3.8, 4) is 0 Å². The van der Waals surface area contributed by atoms with Gasteiger partial charge >= 0.3 is 6.09 Å². The van der Waals surface area contributed by atoms with E-state index in [4.69, 9.17) is 4.74 Å². The Morgan fingerprint density at radius 2 is 2.14 bits per heavy atom. The van der Waals surface area contributed by atoms with Gasteiger partial charge in [-0.1, -0.05) is 13.8 Å². The second-order valence-electron chi connectivity index (χ2n) is 8.24. The van der Waals surface area contributed by atoms with Crippen LogP contribution in [0.3, 0.4) is 0 Å². The number of hydrogen-bond acceptors (Lipinski definition) is 4. The van der Waals surface area contributed by atoms with Gasteiger partial charge in [-0.05, 0) is 51.2 Å². The number of carbonyl (C=O) groups excluding carboxylic acids is 1. The van der Waals surface area contributed by atoms with E-state index >= 15 is 0 Å². The molecule has 128 valence electrons. The predicted octanol–water partition coefficient (Wildman–Crippen LogP) is 3.51. The van der Waals surface area contributed by atoms with Crippen LogP contribution in [0.15, 0.2) is 0 Å². The van der Waals surface area contributed by atoms with Crippen LogP contribution in [-0.2, 0) is 4.74 Å². The molecule has 0 aliphatic carbocycles. The lowest BCUT2D eigenvalue weighted by Crippen LogP contribution is -2.51. The molecule has 0 spiro atoms. The number of thioether (sulfide) groups is 1. The molecule has 0 aromatic rings. The van der Waals surface area contributed by atoms with Gasteiger partial charge in [0.1, 0.15) is 5.60 Å². The number of amides is 1. The zero-order chi connectivity index (χ0) is 16.4. The molecule has 0 radical (unpaired) electrons. The maximum atomic E-state index is 12.3. The summed E-state index contributed by atoms with van der Waals surface area (Å²) in [6, 6.07) is 0.810. The Labute approximate surface area is 139 Å². The molecular formula is C17H32N2O2S. The first-order valence-corrected chi connectivity index (χ1v) is 9.65.